The average Bonchev–Trinajstić information content (AvgIpc) is 2.74. The standard InChI is InChI=1S/C14H19N3O3S/c1-10-13(8-15)14(11(2)20-10)21(18,19)17(3)9-12-6-4-5-7-16-12/h4-7H,8-9,15H2,1-3H3. The summed E-state index contributed by atoms with van der Waals surface area (Å²) in [6.07, 6.45) is 1.63. The Kier molecular flexibility index (Phi) is 4.46. The number of aromatic nitrogens is 1. The van der Waals surface area contributed by atoms with Gasteiger partial charge in [0.1, 0.15) is 16.4 Å². The van der Waals surface area contributed by atoms with Gasteiger partial charge < -0.3 is 10.2 Å². The largest absolute Gasteiger partial charge is 0.465 e. The number of hydrogen-bond donors (Lipinski definition) is 1. The van der Waals surface area contributed by atoms with Crippen molar-refractivity contribution < 1.29 is 12.8 Å². The van der Waals surface area contributed by atoms with Crippen LogP contribution in [0.1, 0.15) is 22.8 Å². The zero-order valence-electron chi connectivity index (χ0n) is 12.3. The Morgan fingerprint density at radius 1 is 1.29 bits per heavy atom. The third-order valence-electron chi connectivity index (χ3n) is 3.31. The number of aryl methyl sites for hydroxylation is 2. The van der Waals surface area contributed by atoms with Crippen molar-refractivity contribution in [1.29, 1.82) is 0 Å². The average molecular weight is 309 g/mol. The first-order chi connectivity index (χ1) is 9.87. The van der Waals surface area contributed by atoms with Crippen molar-refractivity contribution in [3.63, 3.8) is 0 Å². The van der Waals surface area contributed by atoms with Gasteiger partial charge in [-0.15, -0.1) is 0 Å². The van der Waals surface area contributed by atoms with Crippen molar-refractivity contribution in [2.24, 2.45) is 5.73 Å². The number of hydrogen-bond acceptors (Lipinski definition) is 5. The Labute approximate surface area is 124 Å². The van der Waals surface area contributed by atoms with E-state index in [2.05, 4.69) is 4.98 Å². The molecule has 2 heterocycles. The molecule has 2 aromatic rings. The van der Waals surface area contributed by atoms with Gasteiger partial charge in [0.2, 0.25) is 10.0 Å². The molecule has 0 saturated carbocycles. The Morgan fingerprint density at radius 2 is 2.00 bits per heavy atom. The van der Waals surface area contributed by atoms with Crippen molar-refractivity contribution >= 4 is 10.0 Å². The Bertz CT molecular complexity index is 723. The molecule has 0 saturated heterocycles. The van der Waals surface area contributed by atoms with E-state index in [1.165, 1.54) is 11.4 Å². The maximum atomic E-state index is 12.7. The summed E-state index contributed by atoms with van der Waals surface area (Å²) >= 11 is 0. The number of nitrogens with two attached hydrogens (primary N) is 1. The summed E-state index contributed by atoms with van der Waals surface area (Å²) in [5.74, 6) is 0.903. The van der Waals surface area contributed by atoms with E-state index in [0.717, 1.165) is 0 Å². The normalized spacial score (nSPS) is 12.0. The minimum Gasteiger partial charge on any atom is -0.465 e. The van der Waals surface area contributed by atoms with Crippen LogP contribution in [0.4, 0.5) is 0 Å². The molecule has 0 fully saturated rings. The third-order valence-corrected chi connectivity index (χ3v) is 5.31. The predicted octanol–water partition coefficient (Wildman–Crippen LogP) is 1.57. The minimum atomic E-state index is -3.67. The van der Waals surface area contributed by atoms with E-state index in [0.29, 0.717) is 22.8 Å². The first-order valence-electron chi connectivity index (χ1n) is 6.53. The fraction of sp³-hybridized carbons (Fsp3) is 0.357. The molecule has 0 unspecified atom stereocenters. The van der Waals surface area contributed by atoms with Crippen LogP contribution in [0.5, 0.6) is 0 Å². The number of rotatable bonds is 5. The zero-order chi connectivity index (χ0) is 15.6. The fourth-order valence-corrected chi connectivity index (χ4v) is 3.80. The monoisotopic (exact) mass is 309 g/mol. The number of furan rings is 1. The molecule has 21 heavy (non-hydrogen) atoms. The second kappa shape index (κ2) is 5.97. The summed E-state index contributed by atoms with van der Waals surface area (Å²) in [5, 5.41) is 0. The molecule has 0 aromatic carbocycles. The highest BCUT2D eigenvalue weighted by Gasteiger charge is 2.30. The first-order valence-corrected chi connectivity index (χ1v) is 7.97. The number of sulfonamides is 1. The van der Waals surface area contributed by atoms with Crippen molar-refractivity contribution in [2.45, 2.75) is 31.8 Å². The van der Waals surface area contributed by atoms with Gasteiger partial charge in [0.25, 0.3) is 0 Å². The molecule has 2 N–H and O–H groups in total. The maximum Gasteiger partial charge on any atom is 0.246 e. The molecule has 0 bridgehead atoms. The lowest BCUT2D eigenvalue weighted by atomic mass is 10.2. The van der Waals surface area contributed by atoms with Crippen LogP contribution in [-0.2, 0) is 23.1 Å². The fourth-order valence-electron chi connectivity index (χ4n) is 2.24. The van der Waals surface area contributed by atoms with Gasteiger partial charge in [-0.05, 0) is 26.0 Å². The molecule has 0 amide bonds. The number of pyridine rings is 1. The second-order valence-electron chi connectivity index (χ2n) is 4.81. The van der Waals surface area contributed by atoms with Gasteiger partial charge in [0.05, 0.1) is 12.2 Å². The van der Waals surface area contributed by atoms with Gasteiger partial charge in [0.15, 0.2) is 0 Å². The molecule has 0 spiro atoms. The number of nitrogens with zero attached hydrogens (tertiary/aromatic N) is 2. The van der Waals surface area contributed by atoms with Crippen LogP contribution < -0.4 is 5.73 Å². The highest BCUT2D eigenvalue weighted by atomic mass is 32.2. The first kappa shape index (κ1) is 15.7. The lowest BCUT2D eigenvalue weighted by Crippen LogP contribution is -2.28. The van der Waals surface area contributed by atoms with E-state index in [4.69, 9.17) is 10.2 Å². The summed E-state index contributed by atoms with van der Waals surface area (Å²) in [5.41, 5.74) is 6.86. The van der Waals surface area contributed by atoms with Crippen LogP contribution in [0, 0.1) is 13.8 Å². The van der Waals surface area contributed by atoms with Gasteiger partial charge >= 0.3 is 0 Å². The van der Waals surface area contributed by atoms with Crippen LogP contribution in [0.3, 0.4) is 0 Å². The van der Waals surface area contributed by atoms with Crippen LogP contribution in [0.15, 0.2) is 33.7 Å². The van der Waals surface area contributed by atoms with Crippen molar-refractivity contribution in [1.82, 2.24) is 9.29 Å². The summed E-state index contributed by atoms with van der Waals surface area (Å²) in [6.45, 7) is 3.66. The Hall–Kier alpha value is -1.70. The van der Waals surface area contributed by atoms with Gasteiger partial charge in [0, 0.05) is 25.4 Å². The van der Waals surface area contributed by atoms with Crippen LogP contribution in [0.25, 0.3) is 0 Å². The molecular formula is C14H19N3O3S. The van der Waals surface area contributed by atoms with Crippen LogP contribution in [0.2, 0.25) is 0 Å². The van der Waals surface area contributed by atoms with E-state index < -0.39 is 10.0 Å². The van der Waals surface area contributed by atoms with Crippen molar-refractivity contribution in [2.75, 3.05) is 7.05 Å². The maximum absolute atomic E-state index is 12.7. The molecular weight excluding hydrogens is 290 g/mol. The molecule has 0 aliphatic rings. The Balaban J connectivity index is 2.38. The molecule has 2 rings (SSSR count). The van der Waals surface area contributed by atoms with E-state index in [-0.39, 0.29) is 18.0 Å². The van der Waals surface area contributed by atoms with E-state index >= 15 is 0 Å². The lowest BCUT2D eigenvalue weighted by Gasteiger charge is -2.17. The Morgan fingerprint density at radius 3 is 2.57 bits per heavy atom. The van der Waals surface area contributed by atoms with Crippen molar-refractivity contribution in [3.8, 4) is 0 Å². The van der Waals surface area contributed by atoms with Crippen LogP contribution in [-0.4, -0.2) is 24.8 Å². The molecule has 7 heteroatoms. The molecule has 0 aliphatic heterocycles. The summed E-state index contributed by atoms with van der Waals surface area (Å²) < 4.78 is 32.1. The van der Waals surface area contributed by atoms with E-state index in [1.807, 2.05) is 6.07 Å². The SMILES string of the molecule is Cc1oc(C)c(S(=O)(=O)N(C)Cc2ccccn2)c1CN. The molecule has 0 radical (unpaired) electrons. The smallest absolute Gasteiger partial charge is 0.246 e. The van der Waals surface area contributed by atoms with Gasteiger partial charge in [-0.25, -0.2) is 8.42 Å². The van der Waals surface area contributed by atoms with E-state index in [1.54, 1.807) is 32.2 Å². The summed E-state index contributed by atoms with van der Waals surface area (Å²) in [6, 6.07) is 5.39. The van der Waals surface area contributed by atoms with E-state index in [9.17, 15) is 8.42 Å². The lowest BCUT2D eigenvalue weighted by molar-refractivity contribution is 0.455. The topological polar surface area (TPSA) is 89.4 Å². The molecule has 2 aromatic heterocycles. The van der Waals surface area contributed by atoms with Gasteiger partial charge in [-0.3, -0.25) is 4.98 Å². The summed E-state index contributed by atoms with van der Waals surface area (Å²) in [4.78, 5) is 4.31. The predicted molar refractivity (Wildman–Crippen MR) is 79.0 cm³/mol. The van der Waals surface area contributed by atoms with Gasteiger partial charge in [-0.2, -0.15) is 4.31 Å². The molecule has 114 valence electrons. The highest BCUT2D eigenvalue weighted by Crippen LogP contribution is 2.28. The molecule has 6 nitrogen and oxygen atoms in total. The summed E-state index contributed by atoms with van der Waals surface area (Å²) in [7, 11) is -2.15. The third kappa shape index (κ3) is 2.99. The molecule has 0 aliphatic carbocycles. The highest BCUT2D eigenvalue weighted by molar-refractivity contribution is 7.89. The van der Waals surface area contributed by atoms with Gasteiger partial charge in [-0.1, -0.05) is 6.07 Å². The zero-order valence-corrected chi connectivity index (χ0v) is 13.1. The molecule has 0 atom stereocenters. The van der Waals surface area contributed by atoms with Crippen LogP contribution >= 0.6 is 0 Å². The van der Waals surface area contributed by atoms with Crippen molar-refractivity contribution in [3.05, 3.63) is 47.2 Å². The minimum absolute atomic E-state index is 0.120. The second-order valence-corrected chi connectivity index (χ2v) is 6.79. The quantitative estimate of drug-likeness (QED) is 0.905.